The summed E-state index contributed by atoms with van der Waals surface area (Å²) in [7, 11) is 1.96. The van der Waals surface area contributed by atoms with Gasteiger partial charge in [-0.2, -0.15) is 0 Å². The molecule has 3 heteroatoms. The second-order valence-corrected chi connectivity index (χ2v) is 7.47. The van der Waals surface area contributed by atoms with Gasteiger partial charge in [0.25, 0.3) is 0 Å². The van der Waals surface area contributed by atoms with Crippen molar-refractivity contribution >= 4 is 16.7 Å². The summed E-state index contributed by atoms with van der Waals surface area (Å²) in [6.45, 7) is 3.20. The van der Waals surface area contributed by atoms with E-state index in [0.29, 0.717) is 5.92 Å². The minimum Gasteiger partial charge on any atom is -0.341 e. The van der Waals surface area contributed by atoms with E-state index < -0.39 is 0 Å². The number of allylic oxidation sites excluding steroid dienone is 2. The Bertz CT molecular complexity index is 947. The fourth-order valence-corrected chi connectivity index (χ4v) is 3.98. The van der Waals surface area contributed by atoms with Crippen molar-refractivity contribution < 1.29 is 4.79 Å². The van der Waals surface area contributed by atoms with E-state index in [2.05, 4.69) is 53.4 Å². The summed E-state index contributed by atoms with van der Waals surface area (Å²) >= 11 is 0. The van der Waals surface area contributed by atoms with E-state index in [1.54, 1.807) is 6.08 Å². The Kier molecular flexibility index (Phi) is 5.21. The van der Waals surface area contributed by atoms with Crippen LogP contribution in [0.25, 0.3) is 10.9 Å². The van der Waals surface area contributed by atoms with Crippen LogP contribution in [0.1, 0.15) is 28.9 Å². The number of benzene rings is 2. The molecule has 0 unspecified atom stereocenters. The van der Waals surface area contributed by atoms with Crippen LogP contribution in [-0.2, 0) is 13.6 Å². The molecule has 1 aliphatic heterocycles. The number of aromatic nitrogens is 1. The third-order valence-corrected chi connectivity index (χ3v) is 5.61. The number of carbonyl (C=O) groups is 1. The van der Waals surface area contributed by atoms with Crippen LogP contribution in [0, 0.1) is 5.92 Å². The SMILES string of the molecule is Cn1c(C(=O)C=CC2CCN(Cc3ccccc3)CC2)cc2ccccc21. The molecule has 0 bridgehead atoms. The zero-order valence-electron chi connectivity index (χ0n) is 15.8. The van der Waals surface area contributed by atoms with Crippen LogP contribution in [0.3, 0.4) is 0 Å². The van der Waals surface area contributed by atoms with Gasteiger partial charge in [-0.3, -0.25) is 9.69 Å². The molecule has 0 saturated carbocycles. The average Bonchev–Trinajstić information content (AvgIpc) is 3.05. The number of ketones is 1. The predicted octanol–water partition coefficient (Wildman–Crippen LogP) is 4.83. The molecule has 2 heterocycles. The molecular formula is C24H26N2O. The Hall–Kier alpha value is -2.65. The highest BCUT2D eigenvalue weighted by molar-refractivity contribution is 6.06. The fraction of sp³-hybridized carbons (Fsp3) is 0.292. The Labute approximate surface area is 160 Å². The Morgan fingerprint density at radius 1 is 1.04 bits per heavy atom. The van der Waals surface area contributed by atoms with Crippen LogP contribution in [0.15, 0.2) is 72.8 Å². The number of para-hydroxylation sites is 1. The van der Waals surface area contributed by atoms with Gasteiger partial charge in [-0.05, 0) is 55.6 Å². The van der Waals surface area contributed by atoms with E-state index in [1.165, 1.54) is 5.56 Å². The number of fused-ring (bicyclic) bond motifs is 1. The van der Waals surface area contributed by atoms with E-state index in [9.17, 15) is 4.79 Å². The highest BCUT2D eigenvalue weighted by Gasteiger charge is 2.18. The van der Waals surface area contributed by atoms with Crippen molar-refractivity contribution in [3.63, 3.8) is 0 Å². The van der Waals surface area contributed by atoms with Crippen molar-refractivity contribution in [2.75, 3.05) is 13.1 Å². The molecule has 3 nitrogen and oxygen atoms in total. The van der Waals surface area contributed by atoms with Crippen LogP contribution in [0.5, 0.6) is 0 Å². The molecule has 138 valence electrons. The Balaban J connectivity index is 1.35. The summed E-state index contributed by atoms with van der Waals surface area (Å²) in [4.78, 5) is 15.2. The molecule has 4 rings (SSSR count). The van der Waals surface area contributed by atoms with Gasteiger partial charge >= 0.3 is 0 Å². The molecule has 1 aromatic heterocycles. The zero-order valence-corrected chi connectivity index (χ0v) is 15.8. The second kappa shape index (κ2) is 7.93. The highest BCUT2D eigenvalue weighted by Crippen LogP contribution is 2.22. The molecule has 0 atom stereocenters. The van der Waals surface area contributed by atoms with Crippen molar-refractivity contribution in [3.8, 4) is 0 Å². The number of carbonyl (C=O) groups excluding carboxylic acids is 1. The predicted molar refractivity (Wildman–Crippen MR) is 111 cm³/mol. The van der Waals surface area contributed by atoms with E-state index in [0.717, 1.165) is 49.1 Å². The van der Waals surface area contributed by atoms with Gasteiger partial charge in [0.15, 0.2) is 0 Å². The monoisotopic (exact) mass is 358 g/mol. The quantitative estimate of drug-likeness (QED) is 0.482. The molecule has 1 aliphatic rings. The molecule has 0 aliphatic carbocycles. The molecular weight excluding hydrogens is 332 g/mol. The molecule has 0 spiro atoms. The summed E-state index contributed by atoms with van der Waals surface area (Å²) in [5.74, 6) is 0.594. The van der Waals surface area contributed by atoms with Crippen LogP contribution in [0.4, 0.5) is 0 Å². The van der Waals surface area contributed by atoms with Crippen molar-refractivity contribution in [1.82, 2.24) is 9.47 Å². The molecule has 3 aromatic rings. The van der Waals surface area contributed by atoms with Gasteiger partial charge in [0.1, 0.15) is 0 Å². The number of hydrogen-bond acceptors (Lipinski definition) is 2. The van der Waals surface area contributed by atoms with E-state index in [4.69, 9.17) is 0 Å². The van der Waals surface area contributed by atoms with Crippen LogP contribution >= 0.6 is 0 Å². The number of piperidine rings is 1. The lowest BCUT2D eigenvalue weighted by atomic mass is 9.95. The lowest BCUT2D eigenvalue weighted by molar-refractivity contribution is 0.103. The van der Waals surface area contributed by atoms with Crippen LogP contribution in [-0.4, -0.2) is 28.3 Å². The Morgan fingerprint density at radius 2 is 1.74 bits per heavy atom. The number of likely N-dealkylation sites (tertiary alicyclic amines) is 1. The van der Waals surface area contributed by atoms with Crippen LogP contribution < -0.4 is 0 Å². The van der Waals surface area contributed by atoms with Gasteiger partial charge in [-0.15, -0.1) is 0 Å². The molecule has 0 N–H and O–H groups in total. The summed E-state index contributed by atoms with van der Waals surface area (Å²) < 4.78 is 1.99. The first-order valence-corrected chi connectivity index (χ1v) is 9.74. The average molecular weight is 358 g/mol. The van der Waals surface area contributed by atoms with E-state index in [1.807, 2.05) is 29.8 Å². The number of rotatable bonds is 5. The maximum atomic E-state index is 12.7. The third-order valence-electron chi connectivity index (χ3n) is 5.61. The molecule has 0 amide bonds. The summed E-state index contributed by atoms with van der Waals surface area (Å²) in [5.41, 5.74) is 3.23. The normalized spacial score (nSPS) is 16.3. The minimum absolute atomic E-state index is 0.0976. The topological polar surface area (TPSA) is 25.2 Å². The number of aryl methyl sites for hydroxylation is 1. The number of hydrogen-bond donors (Lipinski definition) is 0. The maximum absolute atomic E-state index is 12.7. The maximum Gasteiger partial charge on any atom is 0.201 e. The van der Waals surface area contributed by atoms with Gasteiger partial charge in [0.2, 0.25) is 5.78 Å². The molecule has 1 fully saturated rings. The molecule has 27 heavy (non-hydrogen) atoms. The standard InChI is InChI=1S/C24H26N2O/c1-25-22-10-6-5-9-21(22)17-23(25)24(27)12-11-19-13-15-26(16-14-19)18-20-7-3-2-4-8-20/h2-12,17,19H,13-16,18H2,1H3. The first kappa shape index (κ1) is 17.7. The summed E-state index contributed by atoms with van der Waals surface area (Å²) in [5, 5.41) is 1.12. The van der Waals surface area contributed by atoms with Gasteiger partial charge in [-0.1, -0.05) is 54.6 Å². The summed E-state index contributed by atoms with van der Waals surface area (Å²) in [6, 6.07) is 20.8. The zero-order chi connectivity index (χ0) is 18.6. The van der Waals surface area contributed by atoms with Gasteiger partial charge < -0.3 is 4.57 Å². The molecule has 0 radical (unpaired) electrons. The van der Waals surface area contributed by atoms with E-state index >= 15 is 0 Å². The van der Waals surface area contributed by atoms with E-state index in [-0.39, 0.29) is 5.78 Å². The Morgan fingerprint density at radius 3 is 2.48 bits per heavy atom. The lowest BCUT2D eigenvalue weighted by Gasteiger charge is -2.30. The summed E-state index contributed by atoms with van der Waals surface area (Å²) in [6.07, 6.45) is 6.14. The van der Waals surface area contributed by atoms with Crippen molar-refractivity contribution in [1.29, 1.82) is 0 Å². The third kappa shape index (κ3) is 4.04. The molecule has 1 saturated heterocycles. The van der Waals surface area contributed by atoms with Crippen molar-refractivity contribution in [2.24, 2.45) is 13.0 Å². The largest absolute Gasteiger partial charge is 0.341 e. The first-order chi connectivity index (χ1) is 13.2. The van der Waals surface area contributed by atoms with Crippen molar-refractivity contribution in [3.05, 3.63) is 84.1 Å². The van der Waals surface area contributed by atoms with Crippen LogP contribution in [0.2, 0.25) is 0 Å². The first-order valence-electron chi connectivity index (χ1n) is 9.74. The number of nitrogens with zero attached hydrogens (tertiary/aromatic N) is 2. The van der Waals surface area contributed by atoms with Gasteiger partial charge in [0.05, 0.1) is 5.69 Å². The molecule has 2 aromatic carbocycles. The van der Waals surface area contributed by atoms with Crippen molar-refractivity contribution in [2.45, 2.75) is 19.4 Å². The van der Waals surface area contributed by atoms with Gasteiger partial charge in [-0.25, -0.2) is 0 Å². The second-order valence-electron chi connectivity index (χ2n) is 7.47. The lowest BCUT2D eigenvalue weighted by Crippen LogP contribution is -2.32. The minimum atomic E-state index is 0.0976. The fourth-order valence-electron chi connectivity index (χ4n) is 3.98. The van der Waals surface area contributed by atoms with Gasteiger partial charge in [0, 0.05) is 24.5 Å². The smallest absolute Gasteiger partial charge is 0.201 e. The highest BCUT2D eigenvalue weighted by atomic mass is 16.1.